The van der Waals surface area contributed by atoms with E-state index in [0.29, 0.717) is 5.41 Å². The van der Waals surface area contributed by atoms with Crippen LogP contribution in [0.4, 0.5) is 0 Å². The Morgan fingerprint density at radius 1 is 1.16 bits per heavy atom. The third-order valence-electron chi connectivity index (χ3n) is 5.97. The van der Waals surface area contributed by atoms with E-state index in [1.807, 2.05) is 13.0 Å². The van der Waals surface area contributed by atoms with Crippen LogP contribution >= 0.6 is 0 Å². The first-order valence-corrected chi connectivity index (χ1v) is 7.94. The fourth-order valence-electron chi connectivity index (χ4n) is 4.08. The van der Waals surface area contributed by atoms with Crippen LogP contribution in [0.3, 0.4) is 0 Å². The summed E-state index contributed by atoms with van der Waals surface area (Å²) in [5.41, 5.74) is 3.42. The van der Waals surface area contributed by atoms with Crippen LogP contribution in [0, 0.1) is 10.8 Å². The zero-order valence-corrected chi connectivity index (χ0v) is 13.0. The lowest BCUT2D eigenvalue weighted by molar-refractivity contribution is -0.00993. The van der Waals surface area contributed by atoms with Crippen molar-refractivity contribution in [1.29, 1.82) is 0 Å². The van der Waals surface area contributed by atoms with Crippen LogP contribution in [0.2, 0.25) is 0 Å². The van der Waals surface area contributed by atoms with Gasteiger partial charge in [-0.1, -0.05) is 43.1 Å². The average molecular weight is 262 g/mol. The van der Waals surface area contributed by atoms with Crippen LogP contribution in [0.5, 0.6) is 0 Å². The van der Waals surface area contributed by atoms with E-state index in [1.165, 1.54) is 62.5 Å². The Morgan fingerprint density at radius 2 is 1.74 bits per heavy atom. The molecule has 2 aliphatic rings. The molecule has 1 heteroatoms. The summed E-state index contributed by atoms with van der Waals surface area (Å²) in [6.07, 6.45) is 12.0. The van der Waals surface area contributed by atoms with Gasteiger partial charge < -0.3 is 5.11 Å². The fraction of sp³-hybridized carbons (Fsp3) is 0.778. The molecule has 0 bridgehead atoms. The Labute approximate surface area is 118 Å². The van der Waals surface area contributed by atoms with Gasteiger partial charge >= 0.3 is 0 Å². The number of allylic oxidation sites excluding steroid dienone is 3. The van der Waals surface area contributed by atoms with Crippen molar-refractivity contribution in [2.24, 2.45) is 10.8 Å². The molecule has 1 N–H and O–H groups in total. The van der Waals surface area contributed by atoms with Crippen molar-refractivity contribution in [2.45, 2.75) is 78.2 Å². The quantitative estimate of drug-likeness (QED) is 0.690. The molecule has 2 fully saturated rings. The zero-order valence-electron chi connectivity index (χ0n) is 13.0. The minimum Gasteiger partial charge on any atom is -0.393 e. The van der Waals surface area contributed by atoms with Crippen molar-refractivity contribution in [2.75, 3.05) is 0 Å². The van der Waals surface area contributed by atoms with Gasteiger partial charge in [0, 0.05) is 0 Å². The topological polar surface area (TPSA) is 20.2 Å². The maximum Gasteiger partial charge on any atom is 0.0568 e. The van der Waals surface area contributed by atoms with E-state index in [-0.39, 0.29) is 11.5 Å². The molecule has 0 aromatic heterocycles. The average Bonchev–Trinajstić information content (AvgIpc) is 3.18. The molecular formula is C18H30O. The summed E-state index contributed by atoms with van der Waals surface area (Å²) in [7, 11) is 0. The highest BCUT2D eigenvalue weighted by Gasteiger charge is 2.51. The van der Waals surface area contributed by atoms with Gasteiger partial charge in [-0.25, -0.2) is 0 Å². The van der Waals surface area contributed by atoms with Crippen LogP contribution in [-0.2, 0) is 0 Å². The Balaban J connectivity index is 2.20. The molecule has 0 aliphatic heterocycles. The fourth-order valence-corrected chi connectivity index (χ4v) is 4.08. The summed E-state index contributed by atoms with van der Waals surface area (Å²) in [6.45, 7) is 10.4. The third kappa shape index (κ3) is 2.81. The van der Waals surface area contributed by atoms with Crippen LogP contribution in [0.15, 0.2) is 23.8 Å². The summed E-state index contributed by atoms with van der Waals surface area (Å²) in [5, 5.41) is 10.4. The molecular weight excluding hydrogens is 232 g/mol. The summed E-state index contributed by atoms with van der Waals surface area (Å²) in [6, 6.07) is 0. The lowest BCUT2D eigenvalue weighted by Crippen LogP contribution is -2.38. The van der Waals surface area contributed by atoms with E-state index in [2.05, 4.69) is 20.4 Å². The molecule has 0 spiro atoms. The minimum absolute atomic E-state index is 0.165. The summed E-state index contributed by atoms with van der Waals surface area (Å²) < 4.78 is 0. The molecule has 2 rings (SSSR count). The van der Waals surface area contributed by atoms with Crippen molar-refractivity contribution in [1.82, 2.24) is 0 Å². The van der Waals surface area contributed by atoms with Gasteiger partial charge in [-0.05, 0) is 63.7 Å². The molecule has 2 aliphatic carbocycles. The van der Waals surface area contributed by atoms with Gasteiger partial charge in [0.15, 0.2) is 0 Å². The Bertz CT molecular complexity index is 365. The normalized spacial score (nSPS) is 27.4. The highest BCUT2D eigenvalue weighted by Crippen LogP contribution is 2.62. The molecule has 2 saturated carbocycles. The zero-order chi connectivity index (χ0) is 14.1. The third-order valence-corrected chi connectivity index (χ3v) is 5.97. The van der Waals surface area contributed by atoms with Crippen molar-refractivity contribution >= 4 is 0 Å². The van der Waals surface area contributed by atoms with Gasteiger partial charge in [0.25, 0.3) is 0 Å². The Hall–Kier alpha value is -0.560. The molecule has 0 saturated heterocycles. The molecule has 0 radical (unpaired) electrons. The molecule has 19 heavy (non-hydrogen) atoms. The summed E-state index contributed by atoms with van der Waals surface area (Å²) in [4.78, 5) is 0. The molecule has 108 valence electrons. The monoisotopic (exact) mass is 262 g/mol. The van der Waals surface area contributed by atoms with Crippen molar-refractivity contribution in [3.63, 3.8) is 0 Å². The van der Waals surface area contributed by atoms with E-state index in [1.54, 1.807) is 0 Å². The Kier molecular flexibility index (Phi) is 4.25. The van der Waals surface area contributed by atoms with Crippen molar-refractivity contribution < 1.29 is 5.11 Å². The second-order valence-corrected chi connectivity index (χ2v) is 7.07. The van der Waals surface area contributed by atoms with Gasteiger partial charge in [-0.15, -0.1) is 0 Å². The van der Waals surface area contributed by atoms with Gasteiger partial charge in [-0.3, -0.25) is 0 Å². The van der Waals surface area contributed by atoms with Crippen molar-refractivity contribution in [3.05, 3.63) is 23.8 Å². The number of rotatable bonds is 5. The molecule has 0 heterocycles. The smallest absolute Gasteiger partial charge is 0.0568 e. The van der Waals surface area contributed by atoms with Crippen LogP contribution < -0.4 is 0 Å². The van der Waals surface area contributed by atoms with Crippen LogP contribution in [0.25, 0.3) is 0 Å². The van der Waals surface area contributed by atoms with E-state index < -0.39 is 0 Å². The first kappa shape index (κ1) is 14.8. The molecule has 1 atom stereocenters. The lowest BCUT2D eigenvalue weighted by atomic mass is 9.64. The predicted octanol–water partition coefficient (Wildman–Crippen LogP) is 5.01. The predicted molar refractivity (Wildman–Crippen MR) is 82.1 cm³/mol. The first-order chi connectivity index (χ1) is 8.96. The largest absolute Gasteiger partial charge is 0.393 e. The first-order valence-electron chi connectivity index (χ1n) is 7.94. The number of aliphatic hydroxyl groups is 1. The number of hydrogen-bond acceptors (Lipinski definition) is 1. The van der Waals surface area contributed by atoms with Gasteiger partial charge in [0.2, 0.25) is 0 Å². The molecule has 1 unspecified atom stereocenters. The molecule has 0 amide bonds. The maximum absolute atomic E-state index is 10.4. The van der Waals surface area contributed by atoms with Gasteiger partial charge in [-0.2, -0.15) is 0 Å². The highest BCUT2D eigenvalue weighted by molar-refractivity contribution is 5.31. The molecule has 1 nitrogen and oxygen atoms in total. The second-order valence-electron chi connectivity index (χ2n) is 7.07. The number of hydrogen-bond donors (Lipinski definition) is 1. The second kappa shape index (κ2) is 5.44. The summed E-state index contributed by atoms with van der Waals surface area (Å²) in [5.74, 6) is 0. The minimum atomic E-state index is -0.165. The van der Waals surface area contributed by atoms with Crippen LogP contribution in [0.1, 0.15) is 72.1 Å². The van der Waals surface area contributed by atoms with E-state index in [4.69, 9.17) is 0 Å². The summed E-state index contributed by atoms with van der Waals surface area (Å²) >= 11 is 0. The molecule has 0 aromatic rings. The number of aliphatic hydroxyl groups excluding tert-OH is 1. The maximum atomic E-state index is 10.4. The Morgan fingerprint density at radius 3 is 2.16 bits per heavy atom. The van der Waals surface area contributed by atoms with E-state index >= 15 is 0 Å². The van der Waals surface area contributed by atoms with Gasteiger partial charge in [0.05, 0.1) is 6.10 Å². The standard InChI is InChI=1S/C18H30O/c1-5-14(2)15(3)17(11-12-17)13-18(16(4)19)9-7-6-8-10-18/h5,16,19H,1,6-13H2,2-4H3/b15-14+. The van der Waals surface area contributed by atoms with E-state index in [0.717, 1.165) is 0 Å². The highest BCUT2D eigenvalue weighted by atomic mass is 16.3. The van der Waals surface area contributed by atoms with Crippen LogP contribution in [-0.4, -0.2) is 11.2 Å². The SMILES string of the molecule is C=C/C(C)=C(\C)C1(CC2(C(C)O)CCCCC2)CC1. The lowest BCUT2D eigenvalue weighted by Gasteiger charge is -2.43. The van der Waals surface area contributed by atoms with E-state index in [9.17, 15) is 5.11 Å². The van der Waals surface area contributed by atoms with Gasteiger partial charge in [0.1, 0.15) is 0 Å². The molecule has 0 aromatic carbocycles. The van der Waals surface area contributed by atoms with Crippen molar-refractivity contribution in [3.8, 4) is 0 Å².